The number of benzene rings is 1. The fourth-order valence-corrected chi connectivity index (χ4v) is 2.15. The lowest BCUT2D eigenvalue weighted by Crippen LogP contribution is -1.96. The van der Waals surface area contributed by atoms with Crippen molar-refractivity contribution in [3.05, 3.63) is 53.5 Å². The van der Waals surface area contributed by atoms with Gasteiger partial charge in [0.05, 0.1) is 5.52 Å². The SMILES string of the molecule is Cc1cnc(-c2ccc(C)c3cccnc23)nc1C. The lowest BCUT2D eigenvalue weighted by atomic mass is 10.0. The maximum atomic E-state index is 4.57. The van der Waals surface area contributed by atoms with Gasteiger partial charge in [0.1, 0.15) is 0 Å². The van der Waals surface area contributed by atoms with Crippen LogP contribution < -0.4 is 0 Å². The zero-order chi connectivity index (χ0) is 13.4. The van der Waals surface area contributed by atoms with E-state index in [9.17, 15) is 0 Å². The number of hydrogen-bond acceptors (Lipinski definition) is 3. The molecule has 0 amide bonds. The average Bonchev–Trinajstić information content (AvgIpc) is 2.43. The Morgan fingerprint density at radius 3 is 2.53 bits per heavy atom. The minimum atomic E-state index is 0.742. The van der Waals surface area contributed by atoms with Crippen molar-refractivity contribution in [2.75, 3.05) is 0 Å². The molecule has 2 heterocycles. The molecule has 0 aliphatic heterocycles. The summed E-state index contributed by atoms with van der Waals surface area (Å²) >= 11 is 0. The van der Waals surface area contributed by atoms with Gasteiger partial charge in [-0.3, -0.25) is 4.98 Å². The van der Waals surface area contributed by atoms with Crippen molar-refractivity contribution in [3.63, 3.8) is 0 Å². The van der Waals surface area contributed by atoms with Crippen molar-refractivity contribution >= 4 is 10.9 Å². The summed E-state index contributed by atoms with van der Waals surface area (Å²) in [4.78, 5) is 13.5. The number of hydrogen-bond donors (Lipinski definition) is 0. The van der Waals surface area contributed by atoms with Crippen molar-refractivity contribution in [1.29, 1.82) is 0 Å². The van der Waals surface area contributed by atoms with Crippen LogP contribution in [0.25, 0.3) is 22.3 Å². The van der Waals surface area contributed by atoms with Gasteiger partial charge in [-0.05, 0) is 44.0 Å². The number of aromatic nitrogens is 3. The van der Waals surface area contributed by atoms with Gasteiger partial charge in [0.15, 0.2) is 5.82 Å². The standard InChI is InChI=1S/C16H15N3/c1-10-6-7-14(15-13(10)5-4-8-17-15)16-18-9-11(2)12(3)19-16/h4-9H,1-3H3. The van der Waals surface area contributed by atoms with Crippen LogP contribution in [0.15, 0.2) is 36.7 Å². The van der Waals surface area contributed by atoms with Crippen molar-refractivity contribution < 1.29 is 0 Å². The highest BCUT2D eigenvalue weighted by molar-refractivity contribution is 5.93. The van der Waals surface area contributed by atoms with E-state index in [2.05, 4.69) is 40.1 Å². The summed E-state index contributed by atoms with van der Waals surface area (Å²) < 4.78 is 0. The quantitative estimate of drug-likeness (QED) is 0.661. The molecule has 0 unspecified atom stereocenters. The van der Waals surface area contributed by atoms with Crippen molar-refractivity contribution in [3.8, 4) is 11.4 Å². The molecule has 0 atom stereocenters. The van der Waals surface area contributed by atoms with E-state index in [1.54, 1.807) is 0 Å². The Morgan fingerprint density at radius 1 is 0.895 bits per heavy atom. The number of nitrogens with zero attached hydrogens (tertiary/aromatic N) is 3. The monoisotopic (exact) mass is 249 g/mol. The number of rotatable bonds is 1. The van der Waals surface area contributed by atoms with Gasteiger partial charge >= 0.3 is 0 Å². The highest BCUT2D eigenvalue weighted by Crippen LogP contribution is 2.27. The van der Waals surface area contributed by atoms with Crippen molar-refractivity contribution in [2.45, 2.75) is 20.8 Å². The van der Waals surface area contributed by atoms with Gasteiger partial charge in [0.25, 0.3) is 0 Å². The van der Waals surface area contributed by atoms with E-state index < -0.39 is 0 Å². The van der Waals surface area contributed by atoms with Crippen molar-refractivity contribution in [1.82, 2.24) is 15.0 Å². The molecule has 0 aliphatic rings. The fraction of sp³-hybridized carbons (Fsp3) is 0.188. The van der Waals surface area contributed by atoms with Gasteiger partial charge in [0, 0.05) is 29.0 Å². The first-order valence-electron chi connectivity index (χ1n) is 6.32. The molecule has 0 aliphatic carbocycles. The largest absolute Gasteiger partial charge is 0.255 e. The topological polar surface area (TPSA) is 38.7 Å². The Hall–Kier alpha value is -2.29. The Kier molecular flexibility index (Phi) is 2.75. The van der Waals surface area contributed by atoms with Gasteiger partial charge in [-0.15, -0.1) is 0 Å². The fourth-order valence-electron chi connectivity index (χ4n) is 2.15. The molecule has 0 N–H and O–H groups in total. The molecule has 3 rings (SSSR count). The summed E-state index contributed by atoms with van der Waals surface area (Å²) in [6.45, 7) is 6.12. The van der Waals surface area contributed by atoms with Crippen LogP contribution >= 0.6 is 0 Å². The Morgan fingerprint density at radius 2 is 1.74 bits per heavy atom. The van der Waals surface area contributed by atoms with E-state index in [0.717, 1.165) is 33.5 Å². The van der Waals surface area contributed by atoms with Gasteiger partial charge in [-0.2, -0.15) is 0 Å². The molecule has 3 aromatic rings. The van der Waals surface area contributed by atoms with Crippen LogP contribution in [-0.4, -0.2) is 15.0 Å². The number of pyridine rings is 1. The number of aryl methyl sites for hydroxylation is 3. The van der Waals surface area contributed by atoms with Crippen molar-refractivity contribution in [2.24, 2.45) is 0 Å². The summed E-state index contributed by atoms with van der Waals surface area (Å²) in [5, 5.41) is 1.15. The lowest BCUT2D eigenvalue weighted by Gasteiger charge is -2.08. The normalized spacial score (nSPS) is 10.9. The zero-order valence-corrected chi connectivity index (χ0v) is 11.3. The van der Waals surface area contributed by atoms with Gasteiger partial charge < -0.3 is 0 Å². The molecular formula is C16H15N3. The third-order valence-electron chi connectivity index (χ3n) is 3.45. The van der Waals surface area contributed by atoms with Crippen LogP contribution in [0.3, 0.4) is 0 Å². The first-order valence-corrected chi connectivity index (χ1v) is 6.32. The van der Waals surface area contributed by atoms with Gasteiger partial charge in [-0.25, -0.2) is 9.97 Å². The second-order valence-electron chi connectivity index (χ2n) is 4.79. The van der Waals surface area contributed by atoms with Crippen LogP contribution in [0.1, 0.15) is 16.8 Å². The second kappa shape index (κ2) is 4.43. The highest BCUT2D eigenvalue weighted by Gasteiger charge is 2.09. The van der Waals surface area contributed by atoms with E-state index in [1.165, 1.54) is 5.56 Å². The van der Waals surface area contributed by atoms with Crippen LogP contribution in [-0.2, 0) is 0 Å². The minimum Gasteiger partial charge on any atom is -0.255 e. The Balaban J connectivity index is 2.31. The molecule has 0 bridgehead atoms. The second-order valence-corrected chi connectivity index (χ2v) is 4.79. The van der Waals surface area contributed by atoms with E-state index in [0.29, 0.717) is 0 Å². The van der Waals surface area contributed by atoms with E-state index in [4.69, 9.17) is 0 Å². The average molecular weight is 249 g/mol. The van der Waals surface area contributed by atoms with Crippen LogP contribution in [0, 0.1) is 20.8 Å². The third-order valence-corrected chi connectivity index (χ3v) is 3.45. The molecular weight excluding hydrogens is 234 g/mol. The van der Waals surface area contributed by atoms with E-state index >= 15 is 0 Å². The molecule has 0 fully saturated rings. The molecule has 19 heavy (non-hydrogen) atoms. The van der Waals surface area contributed by atoms with Crippen LogP contribution in [0.5, 0.6) is 0 Å². The summed E-state index contributed by atoms with van der Waals surface area (Å²) in [6.07, 6.45) is 3.68. The maximum absolute atomic E-state index is 4.57. The van der Waals surface area contributed by atoms with Crippen LogP contribution in [0.4, 0.5) is 0 Å². The molecule has 0 spiro atoms. The molecule has 3 nitrogen and oxygen atoms in total. The molecule has 3 heteroatoms. The summed E-state index contributed by atoms with van der Waals surface area (Å²) in [7, 11) is 0. The zero-order valence-electron chi connectivity index (χ0n) is 11.3. The molecule has 0 saturated carbocycles. The first-order chi connectivity index (χ1) is 9.16. The predicted octanol–water partition coefficient (Wildman–Crippen LogP) is 3.62. The first kappa shape index (κ1) is 11.8. The Bertz CT molecular complexity index is 763. The molecule has 0 saturated heterocycles. The summed E-state index contributed by atoms with van der Waals surface area (Å²) in [6, 6.07) is 8.19. The molecule has 94 valence electrons. The third kappa shape index (κ3) is 1.97. The summed E-state index contributed by atoms with van der Waals surface area (Å²) in [5.74, 6) is 0.742. The molecule has 0 radical (unpaired) electrons. The minimum absolute atomic E-state index is 0.742. The summed E-state index contributed by atoms with van der Waals surface area (Å²) in [5.41, 5.74) is 5.29. The highest BCUT2D eigenvalue weighted by atomic mass is 14.9. The predicted molar refractivity (Wildman–Crippen MR) is 77.0 cm³/mol. The van der Waals surface area contributed by atoms with Crippen LogP contribution in [0.2, 0.25) is 0 Å². The number of fused-ring (bicyclic) bond motifs is 1. The maximum Gasteiger partial charge on any atom is 0.161 e. The lowest BCUT2D eigenvalue weighted by molar-refractivity contribution is 1.07. The van der Waals surface area contributed by atoms with Gasteiger partial charge in [0.2, 0.25) is 0 Å². The molecule has 2 aromatic heterocycles. The van der Waals surface area contributed by atoms with Gasteiger partial charge in [-0.1, -0.05) is 12.1 Å². The smallest absolute Gasteiger partial charge is 0.161 e. The Labute approximate surface area is 112 Å². The van der Waals surface area contributed by atoms with E-state index in [-0.39, 0.29) is 0 Å². The molecule has 1 aromatic carbocycles. The van der Waals surface area contributed by atoms with E-state index in [1.807, 2.05) is 32.3 Å².